The number of nitrogens with zero attached hydrogens (tertiary/aromatic N) is 2. The zero-order valence-electron chi connectivity index (χ0n) is 13.8. The first-order valence-corrected chi connectivity index (χ1v) is 7.70. The van der Waals surface area contributed by atoms with Gasteiger partial charge in [-0.1, -0.05) is 25.5 Å². The Morgan fingerprint density at radius 2 is 1.61 bits per heavy atom. The Hall–Kier alpha value is -2.50. The summed E-state index contributed by atoms with van der Waals surface area (Å²) in [5.41, 5.74) is 1.52. The van der Waals surface area contributed by atoms with Crippen LogP contribution in [0.25, 0.3) is 0 Å². The Labute approximate surface area is 135 Å². The maximum atomic E-state index is 12.4. The minimum Gasteiger partial charge on any atom is -0.284 e. The number of imide groups is 2. The molecule has 6 heteroatoms. The van der Waals surface area contributed by atoms with E-state index in [0.29, 0.717) is 11.1 Å². The zero-order valence-corrected chi connectivity index (χ0v) is 13.8. The number of likely N-dealkylation sites (tertiary alicyclic amines) is 1. The highest BCUT2D eigenvalue weighted by molar-refractivity contribution is 6.23. The summed E-state index contributed by atoms with van der Waals surface area (Å²) in [5.74, 6) is -1.71. The third kappa shape index (κ3) is 2.65. The third-order valence-corrected chi connectivity index (χ3v) is 4.01. The van der Waals surface area contributed by atoms with E-state index >= 15 is 0 Å². The van der Waals surface area contributed by atoms with Crippen LogP contribution in [0.3, 0.4) is 0 Å². The van der Waals surface area contributed by atoms with Gasteiger partial charge in [0, 0.05) is 13.5 Å². The van der Waals surface area contributed by atoms with E-state index in [9.17, 15) is 19.2 Å². The lowest BCUT2D eigenvalue weighted by Crippen LogP contribution is -2.54. The molecule has 2 aliphatic rings. The Morgan fingerprint density at radius 1 is 1.00 bits per heavy atom. The first-order chi connectivity index (χ1) is 10.9. The van der Waals surface area contributed by atoms with Crippen molar-refractivity contribution in [2.45, 2.75) is 39.7 Å². The predicted molar refractivity (Wildman–Crippen MR) is 83.8 cm³/mol. The summed E-state index contributed by atoms with van der Waals surface area (Å²) in [6.07, 6.45) is 0.339. The molecule has 0 N–H and O–H groups in total. The quantitative estimate of drug-likeness (QED) is 0.740. The van der Waals surface area contributed by atoms with Crippen molar-refractivity contribution in [1.82, 2.24) is 9.80 Å². The SMILES string of the molecule is CC.Cc1ccc2c(c1)C(=O)N(C1CCC(=O)N(C)C1=O)C2=O. The minimum absolute atomic E-state index is 0.152. The van der Waals surface area contributed by atoms with Crippen molar-refractivity contribution >= 4 is 23.6 Å². The highest BCUT2D eigenvalue weighted by atomic mass is 16.2. The normalized spacial score (nSPS) is 20.4. The Morgan fingerprint density at radius 3 is 2.26 bits per heavy atom. The summed E-state index contributed by atoms with van der Waals surface area (Å²) in [6.45, 7) is 5.83. The molecule has 2 heterocycles. The highest BCUT2D eigenvalue weighted by Gasteiger charge is 2.46. The van der Waals surface area contributed by atoms with E-state index < -0.39 is 23.8 Å². The average molecular weight is 316 g/mol. The summed E-state index contributed by atoms with van der Waals surface area (Å²) in [4.78, 5) is 50.5. The van der Waals surface area contributed by atoms with Gasteiger partial charge in [0.25, 0.3) is 17.7 Å². The van der Waals surface area contributed by atoms with Gasteiger partial charge in [-0.2, -0.15) is 0 Å². The molecule has 3 rings (SSSR count). The molecular weight excluding hydrogens is 296 g/mol. The Kier molecular flexibility index (Phi) is 4.63. The molecule has 1 unspecified atom stereocenters. The van der Waals surface area contributed by atoms with Gasteiger partial charge in [0.2, 0.25) is 5.91 Å². The van der Waals surface area contributed by atoms with Crippen LogP contribution in [0.15, 0.2) is 18.2 Å². The van der Waals surface area contributed by atoms with E-state index in [4.69, 9.17) is 0 Å². The van der Waals surface area contributed by atoms with Crippen LogP contribution in [0.1, 0.15) is 53.0 Å². The summed E-state index contributed by atoms with van der Waals surface area (Å²) in [5, 5.41) is 0. The first-order valence-electron chi connectivity index (χ1n) is 7.70. The van der Waals surface area contributed by atoms with Crippen LogP contribution in [0.4, 0.5) is 0 Å². The van der Waals surface area contributed by atoms with Gasteiger partial charge in [-0.05, 0) is 25.5 Å². The summed E-state index contributed by atoms with van der Waals surface area (Å²) >= 11 is 0. The molecule has 2 aliphatic heterocycles. The molecule has 1 saturated heterocycles. The van der Waals surface area contributed by atoms with Gasteiger partial charge in [0.05, 0.1) is 11.1 Å². The predicted octanol–water partition coefficient (Wildman–Crippen LogP) is 1.76. The number of carbonyl (C=O) groups is 4. The van der Waals surface area contributed by atoms with E-state index in [-0.39, 0.29) is 18.7 Å². The second-order valence-corrected chi connectivity index (χ2v) is 5.37. The molecule has 0 radical (unpaired) electrons. The maximum Gasteiger partial charge on any atom is 0.262 e. The second kappa shape index (κ2) is 6.32. The maximum absolute atomic E-state index is 12.4. The molecule has 1 atom stereocenters. The first kappa shape index (κ1) is 16.9. The lowest BCUT2D eigenvalue weighted by molar-refractivity contribution is -0.149. The number of rotatable bonds is 1. The number of amides is 4. The van der Waals surface area contributed by atoms with Crippen LogP contribution in [0.5, 0.6) is 0 Å². The molecule has 1 fully saturated rings. The lowest BCUT2D eigenvalue weighted by atomic mass is 10.0. The summed E-state index contributed by atoms with van der Waals surface area (Å²) < 4.78 is 0. The minimum atomic E-state index is -0.889. The van der Waals surface area contributed by atoms with Gasteiger partial charge in [0.15, 0.2) is 0 Å². The van der Waals surface area contributed by atoms with E-state index in [1.54, 1.807) is 18.2 Å². The number of fused-ring (bicyclic) bond motifs is 1. The highest BCUT2D eigenvalue weighted by Crippen LogP contribution is 2.29. The molecule has 1 aromatic rings. The van der Waals surface area contributed by atoms with Crippen molar-refractivity contribution in [1.29, 1.82) is 0 Å². The van der Waals surface area contributed by atoms with E-state index in [2.05, 4.69) is 0 Å². The second-order valence-electron chi connectivity index (χ2n) is 5.37. The van der Waals surface area contributed by atoms with Crippen molar-refractivity contribution < 1.29 is 19.2 Å². The van der Waals surface area contributed by atoms with Crippen molar-refractivity contribution in [3.8, 4) is 0 Å². The standard InChI is InChI=1S/C15H14N2O4.C2H6/c1-8-3-4-9-10(7-8)14(20)17(13(9)19)11-5-6-12(18)16(2)15(11)21;1-2/h3-4,7,11H,5-6H2,1-2H3;1-2H3. The van der Waals surface area contributed by atoms with Crippen LogP contribution in [0, 0.1) is 6.92 Å². The Balaban J connectivity index is 0.000000924. The van der Waals surface area contributed by atoms with E-state index in [1.807, 2.05) is 20.8 Å². The molecule has 0 aromatic heterocycles. The molecule has 0 bridgehead atoms. The zero-order chi connectivity index (χ0) is 17.3. The number of aryl methyl sites for hydroxylation is 1. The van der Waals surface area contributed by atoms with Crippen LogP contribution < -0.4 is 0 Å². The number of benzene rings is 1. The van der Waals surface area contributed by atoms with E-state index in [1.165, 1.54) is 7.05 Å². The smallest absolute Gasteiger partial charge is 0.262 e. The summed E-state index contributed by atoms with van der Waals surface area (Å²) in [7, 11) is 1.37. The number of likely N-dealkylation sites (N-methyl/N-ethyl adjacent to an activating group) is 1. The number of carbonyl (C=O) groups excluding carboxylic acids is 4. The van der Waals surface area contributed by atoms with Crippen molar-refractivity contribution in [3.63, 3.8) is 0 Å². The van der Waals surface area contributed by atoms with E-state index in [0.717, 1.165) is 15.4 Å². The fraction of sp³-hybridized carbons (Fsp3) is 0.412. The summed E-state index contributed by atoms with van der Waals surface area (Å²) in [6, 6.07) is 4.12. The van der Waals surface area contributed by atoms with Gasteiger partial charge in [0.1, 0.15) is 6.04 Å². The number of piperidine rings is 1. The average Bonchev–Trinajstić information content (AvgIpc) is 2.79. The fourth-order valence-corrected chi connectivity index (χ4v) is 2.79. The molecule has 122 valence electrons. The molecule has 1 aromatic carbocycles. The molecule has 23 heavy (non-hydrogen) atoms. The largest absolute Gasteiger partial charge is 0.284 e. The van der Waals surface area contributed by atoms with Crippen LogP contribution >= 0.6 is 0 Å². The van der Waals surface area contributed by atoms with Gasteiger partial charge in [-0.15, -0.1) is 0 Å². The number of hydrogen-bond donors (Lipinski definition) is 0. The van der Waals surface area contributed by atoms with Crippen LogP contribution in [0.2, 0.25) is 0 Å². The van der Waals surface area contributed by atoms with Crippen molar-refractivity contribution in [3.05, 3.63) is 34.9 Å². The third-order valence-electron chi connectivity index (χ3n) is 4.01. The van der Waals surface area contributed by atoms with Crippen LogP contribution in [-0.4, -0.2) is 46.5 Å². The molecule has 6 nitrogen and oxygen atoms in total. The molecule has 0 saturated carbocycles. The number of hydrogen-bond acceptors (Lipinski definition) is 4. The fourth-order valence-electron chi connectivity index (χ4n) is 2.79. The van der Waals surface area contributed by atoms with Crippen molar-refractivity contribution in [2.75, 3.05) is 7.05 Å². The monoisotopic (exact) mass is 316 g/mol. The molecular formula is C17H20N2O4. The molecule has 0 aliphatic carbocycles. The van der Waals surface area contributed by atoms with Crippen LogP contribution in [-0.2, 0) is 9.59 Å². The molecule has 0 spiro atoms. The van der Waals surface area contributed by atoms with Gasteiger partial charge < -0.3 is 0 Å². The van der Waals surface area contributed by atoms with Gasteiger partial charge in [-0.3, -0.25) is 29.0 Å². The molecule has 4 amide bonds. The Bertz CT molecular complexity index is 696. The van der Waals surface area contributed by atoms with Crippen molar-refractivity contribution in [2.24, 2.45) is 0 Å². The van der Waals surface area contributed by atoms with Gasteiger partial charge in [-0.25, -0.2) is 0 Å². The lowest BCUT2D eigenvalue weighted by Gasteiger charge is -2.32. The topological polar surface area (TPSA) is 74.8 Å². The van der Waals surface area contributed by atoms with Gasteiger partial charge >= 0.3 is 0 Å².